The average molecular weight is 393 g/mol. The third kappa shape index (κ3) is 4.20. The molecule has 2 aromatic carbocycles. The largest absolute Gasteiger partial charge is 0.335 e. The lowest BCUT2D eigenvalue weighted by Gasteiger charge is -2.11. The summed E-state index contributed by atoms with van der Waals surface area (Å²) in [5, 5.41) is 2.50. The highest BCUT2D eigenvalue weighted by molar-refractivity contribution is 7.92. The van der Waals surface area contributed by atoms with Crippen molar-refractivity contribution in [1.82, 2.24) is 4.98 Å². The maximum Gasteiger partial charge on any atom is 0.262 e. The highest BCUT2D eigenvalue weighted by Crippen LogP contribution is 2.24. The van der Waals surface area contributed by atoms with Gasteiger partial charge in [-0.1, -0.05) is 6.07 Å². The number of anilines is 3. The molecule has 0 radical (unpaired) electrons. The molecular weight excluding hydrogens is 379 g/mol. The van der Waals surface area contributed by atoms with E-state index in [1.807, 2.05) is 0 Å². The maximum absolute atomic E-state index is 13.6. The summed E-state index contributed by atoms with van der Waals surface area (Å²) in [4.78, 5) is 3.87. The molecule has 5 nitrogen and oxygen atoms in total. The summed E-state index contributed by atoms with van der Waals surface area (Å²) in [6, 6.07) is 9.50. The van der Waals surface area contributed by atoms with Crippen molar-refractivity contribution < 1.29 is 21.6 Å². The molecule has 140 valence electrons. The molecule has 9 heteroatoms. The number of benzene rings is 2. The van der Waals surface area contributed by atoms with Crippen LogP contribution in [0, 0.1) is 24.4 Å². The van der Waals surface area contributed by atoms with Crippen LogP contribution in [0.3, 0.4) is 0 Å². The van der Waals surface area contributed by atoms with Gasteiger partial charge in [0.2, 0.25) is 0 Å². The second-order valence-corrected chi connectivity index (χ2v) is 7.32. The van der Waals surface area contributed by atoms with Gasteiger partial charge in [-0.25, -0.2) is 26.6 Å². The molecule has 0 atom stereocenters. The van der Waals surface area contributed by atoms with E-state index in [-0.39, 0.29) is 27.7 Å². The lowest BCUT2D eigenvalue weighted by molar-refractivity contribution is 0.590. The fraction of sp³-hybridized carbons (Fsp3) is 0.0556. The SMILES string of the molecule is Cc1cc(F)ccc1S(=O)(=O)Nc1ccc(Nc2c(F)cccc2F)nc1. The predicted molar refractivity (Wildman–Crippen MR) is 95.8 cm³/mol. The quantitative estimate of drug-likeness (QED) is 0.676. The number of aryl methyl sites for hydroxylation is 1. The number of para-hydroxylation sites is 1. The molecule has 3 rings (SSSR count). The van der Waals surface area contributed by atoms with E-state index in [2.05, 4.69) is 15.0 Å². The Labute approximate surface area is 153 Å². The van der Waals surface area contributed by atoms with E-state index >= 15 is 0 Å². The van der Waals surface area contributed by atoms with E-state index < -0.39 is 27.5 Å². The van der Waals surface area contributed by atoms with E-state index in [0.717, 1.165) is 30.3 Å². The van der Waals surface area contributed by atoms with Gasteiger partial charge in [-0.3, -0.25) is 4.72 Å². The van der Waals surface area contributed by atoms with Crippen molar-refractivity contribution in [2.75, 3.05) is 10.0 Å². The molecule has 0 bridgehead atoms. The molecule has 2 N–H and O–H groups in total. The van der Waals surface area contributed by atoms with Crippen LogP contribution in [0.2, 0.25) is 0 Å². The van der Waals surface area contributed by atoms with Crippen molar-refractivity contribution in [1.29, 1.82) is 0 Å². The normalized spacial score (nSPS) is 11.3. The summed E-state index contributed by atoms with van der Waals surface area (Å²) in [7, 11) is -3.94. The Morgan fingerprint density at radius 1 is 0.963 bits per heavy atom. The summed E-state index contributed by atoms with van der Waals surface area (Å²) < 4.78 is 67.6. The van der Waals surface area contributed by atoms with Gasteiger partial charge in [0.25, 0.3) is 10.0 Å². The minimum absolute atomic E-state index is 0.0699. The molecule has 0 aliphatic heterocycles. The minimum atomic E-state index is -3.94. The molecule has 0 saturated heterocycles. The maximum atomic E-state index is 13.6. The van der Waals surface area contributed by atoms with Gasteiger partial charge in [0.05, 0.1) is 16.8 Å². The molecule has 0 unspecified atom stereocenters. The number of pyridine rings is 1. The van der Waals surface area contributed by atoms with Crippen molar-refractivity contribution >= 4 is 27.2 Å². The third-order valence-corrected chi connectivity index (χ3v) is 5.20. The second-order valence-electron chi connectivity index (χ2n) is 5.67. The van der Waals surface area contributed by atoms with Gasteiger partial charge in [0, 0.05) is 0 Å². The van der Waals surface area contributed by atoms with Gasteiger partial charge in [-0.15, -0.1) is 0 Å². The zero-order valence-electron chi connectivity index (χ0n) is 14.0. The van der Waals surface area contributed by atoms with E-state index in [4.69, 9.17) is 0 Å². The van der Waals surface area contributed by atoms with E-state index in [0.29, 0.717) is 0 Å². The number of hydrogen-bond donors (Lipinski definition) is 2. The fourth-order valence-electron chi connectivity index (χ4n) is 2.40. The molecule has 1 heterocycles. The lowest BCUT2D eigenvalue weighted by Crippen LogP contribution is -2.14. The van der Waals surface area contributed by atoms with Crippen LogP contribution in [0.25, 0.3) is 0 Å². The van der Waals surface area contributed by atoms with Crippen LogP contribution in [0.5, 0.6) is 0 Å². The first-order valence-corrected chi connectivity index (χ1v) is 9.20. The van der Waals surface area contributed by atoms with E-state index in [1.165, 1.54) is 31.3 Å². The van der Waals surface area contributed by atoms with Gasteiger partial charge in [-0.2, -0.15) is 0 Å². The Kier molecular flexibility index (Phi) is 5.04. The standard InChI is InChI=1S/C18H14F3N3O2S/c1-11-9-12(19)5-7-16(11)27(25,26)24-13-6-8-17(22-10-13)23-18-14(20)3-2-4-15(18)21/h2-10,24H,1H3,(H,22,23). The summed E-state index contributed by atoms with van der Waals surface area (Å²) in [5.41, 5.74) is 0.0299. The van der Waals surface area contributed by atoms with E-state index in [1.54, 1.807) is 0 Å². The average Bonchev–Trinajstić information content (AvgIpc) is 2.59. The van der Waals surface area contributed by atoms with Crippen molar-refractivity contribution in [3.63, 3.8) is 0 Å². The second kappa shape index (κ2) is 7.28. The number of hydrogen-bond acceptors (Lipinski definition) is 4. The molecule has 27 heavy (non-hydrogen) atoms. The molecule has 3 aromatic rings. The van der Waals surface area contributed by atoms with Gasteiger partial charge in [-0.05, 0) is 55.0 Å². The van der Waals surface area contributed by atoms with Crippen LogP contribution in [0.4, 0.5) is 30.4 Å². The van der Waals surface area contributed by atoms with E-state index in [9.17, 15) is 21.6 Å². The topological polar surface area (TPSA) is 71.1 Å². The van der Waals surface area contributed by atoms with Crippen LogP contribution in [0.15, 0.2) is 59.6 Å². The summed E-state index contributed by atoms with van der Waals surface area (Å²) >= 11 is 0. The van der Waals surface area contributed by atoms with Crippen LogP contribution >= 0.6 is 0 Å². The fourth-order valence-corrected chi connectivity index (χ4v) is 3.67. The smallest absolute Gasteiger partial charge is 0.262 e. The van der Waals surface area contributed by atoms with Crippen molar-refractivity contribution in [3.8, 4) is 0 Å². The van der Waals surface area contributed by atoms with Gasteiger partial charge in [0.1, 0.15) is 29.0 Å². The summed E-state index contributed by atoms with van der Waals surface area (Å²) in [6.07, 6.45) is 1.19. The summed E-state index contributed by atoms with van der Waals surface area (Å²) in [6.45, 7) is 1.48. The van der Waals surface area contributed by atoms with Gasteiger partial charge in [0.15, 0.2) is 0 Å². The van der Waals surface area contributed by atoms with Crippen molar-refractivity contribution in [2.24, 2.45) is 0 Å². The number of nitrogens with zero attached hydrogens (tertiary/aromatic N) is 1. The Hall–Kier alpha value is -3.07. The van der Waals surface area contributed by atoms with Crippen LogP contribution in [-0.2, 0) is 10.0 Å². The molecule has 0 saturated carbocycles. The zero-order chi connectivity index (χ0) is 19.6. The molecular formula is C18H14F3N3O2S. The molecule has 0 aliphatic rings. The number of aromatic nitrogens is 1. The van der Waals surface area contributed by atoms with Gasteiger partial charge < -0.3 is 5.32 Å². The first-order chi connectivity index (χ1) is 12.8. The summed E-state index contributed by atoms with van der Waals surface area (Å²) in [5.74, 6) is -1.98. The Bertz CT molecular complexity index is 1070. The van der Waals surface area contributed by atoms with Crippen molar-refractivity contribution in [3.05, 3.63) is 77.7 Å². The Morgan fingerprint density at radius 2 is 1.67 bits per heavy atom. The van der Waals surface area contributed by atoms with Crippen LogP contribution in [-0.4, -0.2) is 13.4 Å². The number of halogens is 3. The van der Waals surface area contributed by atoms with Crippen molar-refractivity contribution in [2.45, 2.75) is 11.8 Å². The minimum Gasteiger partial charge on any atom is -0.335 e. The molecule has 0 spiro atoms. The predicted octanol–water partition coefficient (Wildman–Crippen LogP) is 4.35. The zero-order valence-corrected chi connectivity index (χ0v) is 14.8. The molecule has 1 aromatic heterocycles. The number of sulfonamides is 1. The highest BCUT2D eigenvalue weighted by atomic mass is 32.2. The monoisotopic (exact) mass is 393 g/mol. The molecule has 0 fully saturated rings. The van der Waals surface area contributed by atoms with Crippen LogP contribution < -0.4 is 10.0 Å². The number of rotatable bonds is 5. The number of nitrogens with one attached hydrogen (secondary N) is 2. The van der Waals surface area contributed by atoms with Gasteiger partial charge >= 0.3 is 0 Å². The lowest BCUT2D eigenvalue weighted by atomic mass is 10.2. The highest BCUT2D eigenvalue weighted by Gasteiger charge is 2.17. The first-order valence-electron chi connectivity index (χ1n) is 7.72. The van der Waals surface area contributed by atoms with Crippen LogP contribution in [0.1, 0.15) is 5.56 Å². The Balaban J connectivity index is 1.79. The molecule has 0 aliphatic carbocycles. The first kappa shape index (κ1) is 18.7. The Morgan fingerprint density at radius 3 is 2.26 bits per heavy atom. The third-order valence-electron chi connectivity index (χ3n) is 3.66. The molecule has 0 amide bonds.